The Bertz CT molecular complexity index is 845. The van der Waals surface area contributed by atoms with Crippen molar-refractivity contribution in [2.45, 2.75) is 24.3 Å². The molecular formula is C18H25ClN2O5S. The SMILES string of the molecule is COc1ccccc1OCCNC(C)Cc1ccc(O)c(S(N)(=O)=O)c1.Cl. The third kappa shape index (κ3) is 6.91. The minimum atomic E-state index is -3.95. The Hall–Kier alpha value is -2.00. The Balaban J connectivity index is 0.00000364. The Kier molecular flexibility index (Phi) is 8.84. The van der Waals surface area contributed by atoms with E-state index < -0.39 is 10.0 Å². The molecule has 2 aromatic carbocycles. The highest BCUT2D eigenvalue weighted by molar-refractivity contribution is 7.89. The lowest BCUT2D eigenvalue weighted by molar-refractivity contribution is 0.287. The Morgan fingerprint density at radius 1 is 1.19 bits per heavy atom. The number of primary sulfonamides is 1. The van der Waals surface area contributed by atoms with Crippen LogP contribution in [0.2, 0.25) is 0 Å². The lowest BCUT2D eigenvalue weighted by Crippen LogP contribution is -2.31. The number of aromatic hydroxyl groups is 1. The Labute approximate surface area is 166 Å². The first kappa shape index (κ1) is 23.0. The number of benzene rings is 2. The second-order valence-corrected chi connectivity index (χ2v) is 7.44. The number of sulfonamides is 1. The standard InChI is InChI=1S/C18H24N2O5S.ClH/c1-13(11-14-7-8-15(21)18(12-14)26(19,22)23)20-9-10-25-17-6-4-3-5-16(17)24-2;/h3-8,12-13,20-21H,9-11H2,1-2H3,(H2,19,22,23);1H. The summed E-state index contributed by atoms with van der Waals surface area (Å²) in [4.78, 5) is -0.262. The van der Waals surface area contributed by atoms with Crippen LogP contribution in [0.15, 0.2) is 47.4 Å². The van der Waals surface area contributed by atoms with Crippen LogP contribution < -0.4 is 19.9 Å². The summed E-state index contributed by atoms with van der Waals surface area (Å²) in [5, 5.41) is 18.0. The first-order valence-corrected chi connectivity index (χ1v) is 9.70. The quantitative estimate of drug-likeness (QED) is 0.539. The van der Waals surface area contributed by atoms with Crippen molar-refractivity contribution >= 4 is 22.4 Å². The van der Waals surface area contributed by atoms with Gasteiger partial charge in [0.1, 0.15) is 17.3 Å². The van der Waals surface area contributed by atoms with Crippen LogP contribution in [0.3, 0.4) is 0 Å². The minimum Gasteiger partial charge on any atom is -0.507 e. The molecule has 0 saturated carbocycles. The van der Waals surface area contributed by atoms with Gasteiger partial charge in [-0.1, -0.05) is 18.2 Å². The second-order valence-electron chi connectivity index (χ2n) is 5.91. The van der Waals surface area contributed by atoms with Gasteiger partial charge in [-0.15, -0.1) is 12.4 Å². The number of nitrogens with two attached hydrogens (primary N) is 1. The number of methoxy groups -OCH3 is 1. The molecule has 150 valence electrons. The predicted octanol–water partition coefficient (Wildman–Crippen LogP) is 2.07. The van der Waals surface area contributed by atoms with Crippen LogP contribution in [-0.4, -0.2) is 39.8 Å². The van der Waals surface area contributed by atoms with Gasteiger partial charge >= 0.3 is 0 Å². The van der Waals surface area contributed by atoms with E-state index in [0.29, 0.717) is 31.1 Å². The van der Waals surface area contributed by atoms with E-state index in [1.54, 1.807) is 13.2 Å². The molecular weight excluding hydrogens is 392 g/mol. The normalized spacial score (nSPS) is 12.1. The van der Waals surface area contributed by atoms with E-state index in [-0.39, 0.29) is 29.1 Å². The molecule has 0 aromatic heterocycles. The van der Waals surface area contributed by atoms with Crippen molar-refractivity contribution in [2.24, 2.45) is 5.14 Å². The highest BCUT2D eigenvalue weighted by atomic mass is 35.5. The number of hydrogen-bond acceptors (Lipinski definition) is 6. The van der Waals surface area contributed by atoms with Gasteiger partial charge in [0.05, 0.1) is 7.11 Å². The maximum Gasteiger partial charge on any atom is 0.241 e. The Morgan fingerprint density at radius 3 is 2.48 bits per heavy atom. The summed E-state index contributed by atoms with van der Waals surface area (Å²) in [5.74, 6) is 1.02. The van der Waals surface area contributed by atoms with E-state index in [9.17, 15) is 13.5 Å². The van der Waals surface area contributed by atoms with E-state index in [1.807, 2.05) is 31.2 Å². The van der Waals surface area contributed by atoms with E-state index in [1.165, 1.54) is 12.1 Å². The zero-order valence-electron chi connectivity index (χ0n) is 15.2. The van der Waals surface area contributed by atoms with Gasteiger partial charge in [0.2, 0.25) is 10.0 Å². The highest BCUT2D eigenvalue weighted by Crippen LogP contribution is 2.25. The van der Waals surface area contributed by atoms with Crippen LogP contribution in [0.5, 0.6) is 17.2 Å². The predicted molar refractivity (Wildman–Crippen MR) is 106 cm³/mol. The van der Waals surface area contributed by atoms with Crippen LogP contribution in [-0.2, 0) is 16.4 Å². The molecule has 0 aliphatic carbocycles. The summed E-state index contributed by atoms with van der Waals surface area (Å²) in [6.07, 6.45) is 0.581. The molecule has 27 heavy (non-hydrogen) atoms. The number of para-hydroxylation sites is 2. The maximum absolute atomic E-state index is 11.5. The second kappa shape index (κ2) is 10.4. The third-order valence-electron chi connectivity index (χ3n) is 3.79. The number of phenols is 1. The van der Waals surface area contributed by atoms with Crippen LogP contribution in [0, 0.1) is 0 Å². The monoisotopic (exact) mass is 416 g/mol. The number of hydrogen-bond donors (Lipinski definition) is 3. The molecule has 7 nitrogen and oxygen atoms in total. The van der Waals surface area contributed by atoms with Crippen molar-refractivity contribution in [3.63, 3.8) is 0 Å². The summed E-state index contributed by atoms with van der Waals surface area (Å²) in [5.41, 5.74) is 0.762. The molecule has 2 aromatic rings. The summed E-state index contributed by atoms with van der Waals surface area (Å²) < 4.78 is 33.8. The molecule has 1 atom stereocenters. The lowest BCUT2D eigenvalue weighted by atomic mass is 10.1. The first-order valence-electron chi connectivity index (χ1n) is 8.15. The summed E-state index contributed by atoms with van der Waals surface area (Å²) >= 11 is 0. The lowest BCUT2D eigenvalue weighted by Gasteiger charge is -2.16. The zero-order valence-corrected chi connectivity index (χ0v) is 16.8. The molecule has 4 N–H and O–H groups in total. The number of phenolic OH excluding ortho intramolecular Hbond substituents is 1. The third-order valence-corrected chi connectivity index (χ3v) is 4.73. The summed E-state index contributed by atoms with van der Waals surface area (Å²) in [6.45, 7) is 3.05. The van der Waals surface area contributed by atoms with Gasteiger partial charge in [0.25, 0.3) is 0 Å². The van der Waals surface area contributed by atoms with Gasteiger partial charge in [0.15, 0.2) is 11.5 Å². The maximum atomic E-state index is 11.5. The Morgan fingerprint density at radius 2 is 1.85 bits per heavy atom. The van der Waals surface area contributed by atoms with Gasteiger partial charge in [0, 0.05) is 12.6 Å². The molecule has 0 heterocycles. The zero-order chi connectivity index (χ0) is 19.2. The van der Waals surface area contributed by atoms with E-state index in [0.717, 1.165) is 5.56 Å². The van der Waals surface area contributed by atoms with Crippen molar-refractivity contribution in [2.75, 3.05) is 20.3 Å². The number of rotatable bonds is 9. The van der Waals surface area contributed by atoms with Gasteiger partial charge < -0.3 is 19.9 Å². The molecule has 0 fully saturated rings. The van der Waals surface area contributed by atoms with Crippen molar-refractivity contribution in [1.29, 1.82) is 0 Å². The van der Waals surface area contributed by atoms with E-state index >= 15 is 0 Å². The molecule has 0 spiro atoms. The molecule has 0 aliphatic rings. The average Bonchev–Trinajstić information content (AvgIpc) is 2.59. The largest absolute Gasteiger partial charge is 0.507 e. The minimum absolute atomic E-state index is 0. The molecule has 0 saturated heterocycles. The fraction of sp³-hybridized carbons (Fsp3) is 0.333. The van der Waals surface area contributed by atoms with Crippen LogP contribution in [0.1, 0.15) is 12.5 Å². The fourth-order valence-corrected chi connectivity index (χ4v) is 3.22. The molecule has 2 rings (SSSR count). The number of ether oxygens (including phenoxy) is 2. The number of nitrogens with one attached hydrogen (secondary N) is 1. The van der Waals surface area contributed by atoms with Gasteiger partial charge in [-0.3, -0.25) is 0 Å². The topological polar surface area (TPSA) is 111 Å². The van der Waals surface area contributed by atoms with Gasteiger partial charge in [-0.05, 0) is 43.2 Å². The average molecular weight is 417 g/mol. The molecule has 0 bridgehead atoms. The molecule has 1 unspecified atom stereocenters. The molecule has 9 heteroatoms. The van der Waals surface area contributed by atoms with Crippen molar-refractivity contribution < 1.29 is 23.0 Å². The van der Waals surface area contributed by atoms with E-state index in [2.05, 4.69) is 5.32 Å². The first-order chi connectivity index (χ1) is 12.3. The van der Waals surface area contributed by atoms with Crippen LogP contribution in [0.4, 0.5) is 0 Å². The molecule has 0 amide bonds. The highest BCUT2D eigenvalue weighted by Gasteiger charge is 2.15. The van der Waals surface area contributed by atoms with Crippen molar-refractivity contribution in [3.8, 4) is 17.2 Å². The summed E-state index contributed by atoms with van der Waals surface area (Å²) in [7, 11) is -2.36. The van der Waals surface area contributed by atoms with Crippen molar-refractivity contribution in [3.05, 3.63) is 48.0 Å². The van der Waals surface area contributed by atoms with E-state index in [4.69, 9.17) is 14.6 Å². The van der Waals surface area contributed by atoms with Crippen LogP contribution in [0.25, 0.3) is 0 Å². The van der Waals surface area contributed by atoms with Gasteiger partial charge in [-0.25, -0.2) is 13.6 Å². The molecule has 0 aliphatic heterocycles. The molecule has 0 radical (unpaired) electrons. The van der Waals surface area contributed by atoms with Gasteiger partial charge in [-0.2, -0.15) is 0 Å². The summed E-state index contributed by atoms with van der Waals surface area (Å²) in [6, 6.07) is 11.9. The smallest absolute Gasteiger partial charge is 0.241 e. The van der Waals surface area contributed by atoms with Crippen LogP contribution >= 0.6 is 12.4 Å². The number of halogens is 1. The fourth-order valence-electron chi connectivity index (χ4n) is 2.54. The van der Waals surface area contributed by atoms with Crippen molar-refractivity contribution in [1.82, 2.24) is 5.32 Å².